The molecule has 156 valence electrons. The van der Waals surface area contributed by atoms with Crippen LogP contribution in [0.1, 0.15) is 12.5 Å². The molecule has 2 aromatic carbocycles. The topological polar surface area (TPSA) is 93.9 Å². The quantitative estimate of drug-likeness (QED) is 0.441. The zero-order valence-electron chi connectivity index (χ0n) is 16.5. The van der Waals surface area contributed by atoms with Gasteiger partial charge >= 0.3 is 5.97 Å². The van der Waals surface area contributed by atoms with Gasteiger partial charge in [0, 0.05) is 11.6 Å². The van der Waals surface area contributed by atoms with Crippen molar-refractivity contribution in [2.24, 2.45) is 0 Å². The van der Waals surface area contributed by atoms with Gasteiger partial charge < -0.3 is 9.15 Å². The molecule has 2 heterocycles. The second-order valence-corrected chi connectivity index (χ2v) is 7.66. The van der Waals surface area contributed by atoms with Crippen molar-refractivity contribution in [3.05, 3.63) is 75.3 Å². The van der Waals surface area contributed by atoms with Crippen molar-refractivity contribution in [1.82, 2.24) is 4.90 Å². The van der Waals surface area contributed by atoms with Crippen molar-refractivity contribution < 1.29 is 23.5 Å². The van der Waals surface area contributed by atoms with Gasteiger partial charge in [-0.15, -0.1) is 0 Å². The van der Waals surface area contributed by atoms with Crippen LogP contribution in [0, 0.1) is 0 Å². The lowest BCUT2D eigenvalue weighted by Crippen LogP contribution is -2.34. The van der Waals surface area contributed by atoms with Crippen molar-refractivity contribution >= 4 is 45.9 Å². The predicted molar refractivity (Wildman–Crippen MR) is 117 cm³/mol. The third-order valence-corrected chi connectivity index (χ3v) is 5.48. The molecule has 0 radical (unpaired) electrons. The van der Waals surface area contributed by atoms with E-state index in [4.69, 9.17) is 9.15 Å². The first kappa shape index (κ1) is 20.6. The number of hydrogen-bond donors (Lipinski definition) is 0. The number of hydrogen-bond acceptors (Lipinski definition) is 7. The third-order valence-electron chi connectivity index (χ3n) is 4.57. The molecule has 2 amide bonds. The van der Waals surface area contributed by atoms with Crippen LogP contribution in [-0.4, -0.2) is 35.2 Å². The van der Waals surface area contributed by atoms with Gasteiger partial charge in [-0.2, -0.15) is 0 Å². The van der Waals surface area contributed by atoms with Crippen LogP contribution in [0.3, 0.4) is 0 Å². The van der Waals surface area contributed by atoms with Gasteiger partial charge in [-0.3, -0.25) is 24.1 Å². The molecule has 1 saturated heterocycles. The van der Waals surface area contributed by atoms with Gasteiger partial charge in [-0.1, -0.05) is 36.4 Å². The summed E-state index contributed by atoms with van der Waals surface area (Å²) in [7, 11) is 0. The normalized spacial score (nSPS) is 15.1. The van der Waals surface area contributed by atoms with E-state index in [0.29, 0.717) is 22.3 Å². The van der Waals surface area contributed by atoms with Crippen LogP contribution in [0.2, 0.25) is 0 Å². The van der Waals surface area contributed by atoms with Gasteiger partial charge in [0.15, 0.2) is 5.43 Å². The summed E-state index contributed by atoms with van der Waals surface area (Å²) in [6, 6.07) is 15.7. The van der Waals surface area contributed by atoms with Crippen molar-refractivity contribution in [3.8, 4) is 11.3 Å². The minimum atomic E-state index is -0.649. The van der Waals surface area contributed by atoms with Gasteiger partial charge in [0.25, 0.3) is 11.1 Å². The Kier molecular flexibility index (Phi) is 5.73. The van der Waals surface area contributed by atoms with Crippen LogP contribution in [0.25, 0.3) is 28.4 Å². The Morgan fingerprint density at radius 1 is 1.10 bits per heavy atom. The van der Waals surface area contributed by atoms with E-state index in [-0.39, 0.29) is 16.9 Å². The minimum absolute atomic E-state index is 0.163. The van der Waals surface area contributed by atoms with E-state index in [9.17, 15) is 19.2 Å². The molecule has 1 aliphatic rings. The van der Waals surface area contributed by atoms with Crippen LogP contribution in [0.4, 0.5) is 4.79 Å². The van der Waals surface area contributed by atoms with Gasteiger partial charge in [0.1, 0.15) is 17.9 Å². The Morgan fingerprint density at radius 3 is 2.61 bits per heavy atom. The standard InChI is InChI=1S/C23H17NO6S/c1-2-29-21(26)13-24-22(27)20(31-23(24)28)11-14-8-9-18-16(10-14)17(25)12-19(30-18)15-6-4-3-5-7-15/h3-12H,2,13H2,1H3/b20-11-. The fourth-order valence-electron chi connectivity index (χ4n) is 3.13. The van der Waals surface area contributed by atoms with Crippen molar-refractivity contribution in [2.75, 3.05) is 13.2 Å². The number of fused-ring (bicyclic) bond motifs is 1. The maximum Gasteiger partial charge on any atom is 0.326 e. The second kappa shape index (κ2) is 8.61. The molecule has 0 saturated carbocycles. The number of thioether (sulfide) groups is 1. The van der Waals surface area contributed by atoms with Crippen LogP contribution >= 0.6 is 11.8 Å². The largest absolute Gasteiger partial charge is 0.465 e. The highest BCUT2D eigenvalue weighted by molar-refractivity contribution is 8.18. The number of imide groups is 1. The molecule has 4 rings (SSSR count). The number of carbonyl (C=O) groups is 3. The van der Waals surface area contributed by atoms with Crippen molar-refractivity contribution in [2.45, 2.75) is 6.92 Å². The van der Waals surface area contributed by atoms with E-state index in [1.54, 1.807) is 25.1 Å². The first-order valence-corrected chi connectivity index (χ1v) is 10.3. The van der Waals surface area contributed by atoms with Gasteiger partial charge in [0.2, 0.25) is 0 Å². The van der Waals surface area contributed by atoms with Crippen molar-refractivity contribution in [3.63, 3.8) is 0 Å². The Morgan fingerprint density at radius 2 is 1.87 bits per heavy atom. The maximum atomic E-state index is 12.6. The Bertz CT molecular complexity index is 1280. The number of nitrogens with zero attached hydrogens (tertiary/aromatic N) is 1. The van der Waals surface area contributed by atoms with E-state index < -0.39 is 23.7 Å². The Labute approximate surface area is 181 Å². The number of benzene rings is 2. The van der Waals surface area contributed by atoms with Crippen LogP contribution in [-0.2, 0) is 14.3 Å². The average molecular weight is 435 g/mol. The van der Waals surface area contributed by atoms with E-state index in [2.05, 4.69) is 0 Å². The molecule has 0 N–H and O–H groups in total. The number of ether oxygens (including phenoxy) is 1. The molecule has 3 aromatic rings. The van der Waals surface area contributed by atoms with E-state index in [0.717, 1.165) is 22.2 Å². The second-order valence-electron chi connectivity index (χ2n) is 6.67. The Balaban J connectivity index is 1.63. The highest BCUT2D eigenvalue weighted by Gasteiger charge is 2.36. The fourth-order valence-corrected chi connectivity index (χ4v) is 3.97. The molecule has 7 nitrogen and oxygen atoms in total. The molecular formula is C23H17NO6S. The molecular weight excluding hydrogens is 418 g/mol. The van der Waals surface area contributed by atoms with E-state index in [1.165, 1.54) is 12.1 Å². The summed E-state index contributed by atoms with van der Waals surface area (Å²) in [5, 5.41) is -0.184. The predicted octanol–water partition coefficient (Wildman–Crippen LogP) is 4.06. The zero-order valence-corrected chi connectivity index (χ0v) is 17.3. The molecule has 1 fully saturated rings. The highest BCUT2D eigenvalue weighted by atomic mass is 32.2. The summed E-state index contributed by atoms with van der Waals surface area (Å²) in [6.07, 6.45) is 1.51. The lowest BCUT2D eigenvalue weighted by Gasteiger charge is -2.10. The minimum Gasteiger partial charge on any atom is -0.465 e. The molecule has 1 aromatic heterocycles. The number of carbonyl (C=O) groups excluding carboxylic acids is 3. The molecule has 31 heavy (non-hydrogen) atoms. The molecule has 0 bridgehead atoms. The van der Waals surface area contributed by atoms with Gasteiger partial charge in [-0.05, 0) is 42.5 Å². The van der Waals surface area contributed by atoms with Crippen molar-refractivity contribution in [1.29, 1.82) is 0 Å². The van der Waals surface area contributed by atoms with Gasteiger partial charge in [-0.25, -0.2) is 0 Å². The smallest absolute Gasteiger partial charge is 0.326 e. The van der Waals surface area contributed by atoms with Crippen LogP contribution < -0.4 is 5.43 Å². The van der Waals surface area contributed by atoms with E-state index >= 15 is 0 Å². The molecule has 0 unspecified atom stereocenters. The van der Waals surface area contributed by atoms with Crippen LogP contribution in [0.5, 0.6) is 0 Å². The monoisotopic (exact) mass is 435 g/mol. The number of amides is 2. The molecule has 0 aliphatic carbocycles. The zero-order chi connectivity index (χ0) is 22.0. The lowest BCUT2D eigenvalue weighted by molar-refractivity contribution is -0.145. The Hall–Kier alpha value is -3.65. The summed E-state index contributed by atoms with van der Waals surface area (Å²) in [5.74, 6) is -0.760. The van der Waals surface area contributed by atoms with E-state index in [1.807, 2.05) is 30.3 Å². The third kappa shape index (κ3) is 4.29. The molecule has 0 spiro atoms. The van der Waals surface area contributed by atoms with Crippen LogP contribution in [0.15, 0.2) is 68.7 Å². The summed E-state index contributed by atoms with van der Waals surface area (Å²) >= 11 is 0.735. The molecule has 1 aliphatic heterocycles. The van der Waals surface area contributed by atoms with Gasteiger partial charge in [0.05, 0.1) is 16.9 Å². The summed E-state index contributed by atoms with van der Waals surface area (Å²) in [6.45, 7) is 1.38. The fraction of sp³-hybridized carbons (Fsp3) is 0.130. The summed E-state index contributed by atoms with van der Waals surface area (Å²) in [5.41, 5.74) is 1.56. The first-order valence-electron chi connectivity index (χ1n) is 9.50. The maximum absolute atomic E-state index is 12.6. The number of esters is 1. The first-order chi connectivity index (χ1) is 15.0. The number of rotatable bonds is 5. The molecule has 8 heteroatoms. The average Bonchev–Trinajstić information content (AvgIpc) is 3.02. The molecule has 0 atom stereocenters. The lowest BCUT2D eigenvalue weighted by atomic mass is 10.1. The highest BCUT2D eigenvalue weighted by Crippen LogP contribution is 2.32. The SMILES string of the molecule is CCOC(=O)CN1C(=O)S/C(=C\c2ccc3oc(-c4ccccc4)cc(=O)c3c2)C1=O. The summed E-state index contributed by atoms with van der Waals surface area (Å²) in [4.78, 5) is 49.9. The summed E-state index contributed by atoms with van der Waals surface area (Å²) < 4.78 is 10.7.